The average molecular weight is 226 g/mol. The normalized spacial score (nSPS) is 30.9. The molecule has 1 aliphatic rings. The van der Waals surface area contributed by atoms with Crippen molar-refractivity contribution in [3.8, 4) is 0 Å². The maximum atomic E-state index is 11.7. The molecule has 1 aromatic carbocycles. The van der Waals surface area contributed by atoms with Crippen LogP contribution in [0.5, 0.6) is 0 Å². The molecule has 2 rings (SSSR count). The van der Waals surface area contributed by atoms with Crippen LogP contribution in [0.15, 0.2) is 24.3 Å². The third-order valence-corrected chi connectivity index (χ3v) is 3.24. The number of halogens is 1. The van der Waals surface area contributed by atoms with Gasteiger partial charge < -0.3 is 10.8 Å². The van der Waals surface area contributed by atoms with Gasteiger partial charge in [-0.3, -0.25) is 4.79 Å². The number of aliphatic hydroxyl groups excluding tert-OH is 1. The molecule has 0 saturated heterocycles. The van der Waals surface area contributed by atoms with Crippen molar-refractivity contribution >= 4 is 17.4 Å². The second kappa shape index (κ2) is 3.59. The van der Waals surface area contributed by atoms with Crippen molar-refractivity contribution in [1.82, 2.24) is 0 Å². The molecule has 3 nitrogen and oxygen atoms in total. The second-order valence-electron chi connectivity index (χ2n) is 3.87. The third kappa shape index (κ3) is 1.57. The molecule has 1 aromatic rings. The lowest BCUT2D eigenvalue weighted by molar-refractivity contribution is -0.128. The van der Waals surface area contributed by atoms with Gasteiger partial charge in [0, 0.05) is 5.02 Å². The van der Waals surface area contributed by atoms with E-state index in [-0.39, 0.29) is 5.78 Å². The molecule has 3 N–H and O–H groups in total. The highest BCUT2D eigenvalue weighted by atomic mass is 35.5. The molecule has 0 heterocycles. The largest absolute Gasteiger partial charge is 0.385 e. The molecule has 0 amide bonds. The van der Waals surface area contributed by atoms with E-state index in [9.17, 15) is 9.90 Å². The van der Waals surface area contributed by atoms with Crippen LogP contribution in [0.1, 0.15) is 18.4 Å². The number of aliphatic hydroxyl groups is 1. The van der Waals surface area contributed by atoms with Gasteiger partial charge in [-0.2, -0.15) is 0 Å². The van der Waals surface area contributed by atoms with Crippen LogP contribution in [-0.2, 0) is 10.3 Å². The number of Topliss-reactive ketones (excluding diaryl/α,β-unsaturated/α-hetero) is 1. The van der Waals surface area contributed by atoms with E-state index in [1.807, 2.05) is 0 Å². The van der Waals surface area contributed by atoms with Gasteiger partial charge in [-0.15, -0.1) is 0 Å². The van der Waals surface area contributed by atoms with E-state index >= 15 is 0 Å². The summed E-state index contributed by atoms with van der Waals surface area (Å²) in [5.41, 5.74) is 5.51. The summed E-state index contributed by atoms with van der Waals surface area (Å²) < 4.78 is 0. The van der Waals surface area contributed by atoms with Gasteiger partial charge in [0.1, 0.15) is 11.6 Å². The fourth-order valence-corrected chi connectivity index (χ4v) is 2.31. The molecule has 2 atom stereocenters. The predicted octanol–water partition coefficient (Wildman–Crippen LogP) is 1.22. The van der Waals surface area contributed by atoms with E-state index in [4.69, 9.17) is 17.3 Å². The number of hydrogen-bond donors (Lipinski definition) is 2. The van der Waals surface area contributed by atoms with Crippen molar-refractivity contribution < 1.29 is 9.90 Å². The van der Waals surface area contributed by atoms with Crippen LogP contribution in [0.3, 0.4) is 0 Å². The Hall–Kier alpha value is -0.900. The van der Waals surface area contributed by atoms with Gasteiger partial charge >= 0.3 is 0 Å². The van der Waals surface area contributed by atoms with Crippen molar-refractivity contribution in [1.29, 1.82) is 0 Å². The van der Waals surface area contributed by atoms with E-state index < -0.39 is 11.6 Å². The van der Waals surface area contributed by atoms with Crippen LogP contribution in [0.25, 0.3) is 0 Å². The Morgan fingerprint density at radius 1 is 1.47 bits per heavy atom. The maximum Gasteiger partial charge on any atom is 0.185 e. The standard InChI is InChI=1S/C11H12ClNO2/c12-8-4-2-1-3-7(8)11(13)6-5-9(14)10(11)15/h1-4,9,14H,5-6,13H2/t9-,11-/m1/s1. The first-order chi connectivity index (χ1) is 7.05. The molecule has 1 aliphatic carbocycles. The number of rotatable bonds is 1. The van der Waals surface area contributed by atoms with Crippen molar-refractivity contribution in [3.63, 3.8) is 0 Å². The van der Waals surface area contributed by atoms with E-state index in [2.05, 4.69) is 0 Å². The molecule has 0 unspecified atom stereocenters. The summed E-state index contributed by atoms with van der Waals surface area (Å²) in [5, 5.41) is 9.89. The Kier molecular flexibility index (Phi) is 2.54. The van der Waals surface area contributed by atoms with Gasteiger partial charge in [0.15, 0.2) is 5.78 Å². The van der Waals surface area contributed by atoms with Gasteiger partial charge in [-0.05, 0) is 24.5 Å². The van der Waals surface area contributed by atoms with Crippen LogP contribution in [-0.4, -0.2) is 17.0 Å². The number of benzene rings is 1. The number of hydrogen-bond acceptors (Lipinski definition) is 3. The second-order valence-corrected chi connectivity index (χ2v) is 4.28. The van der Waals surface area contributed by atoms with Crippen LogP contribution in [0.2, 0.25) is 5.02 Å². The highest BCUT2D eigenvalue weighted by Crippen LogP contribution is 2.36. The number of carbonyl (C=O) groups excluding carboxylic acids is 1. The Labute approximate surface area is 92.8 Å². The van der Waals surface area contributed by atoms with E-state index in [1.165, 1.54) is 0 Å². The minimum Gasteiger partial charge on any atom is -0.385 e. The average Bonchev–Trinajstić information content (AvgIpc) is 2.48. The summed E-state index contributed by atoms with van der Waals surface area (Å²) in [6.07, 6.45) is -0.108. The molecular weight excluding hydrogens is 214 g/mol. The van der Waals surface area contributed by atoms with E-state index in [1.54, 1.807) is 24.3 Å². The predicted molar refractivity (Wildman–Crippen MR) is 57.6 cm³/mol. The molecule has 0 radical (unpaired) electrons. The van der Waals surface area contributed by atoms with E-state index in [0.29, 0.717) is 23.4 Å². The zero-order valence-corrected chi connectivity index (χ0v) is 8.87. The first-order valence-electron chi connectivity index (χ1n) is 4.82. The molecule has 0 bridgehead atoms. The van der Waals surface area contributed by atoms with Gasteiger partial charge in [0.25, 0.3) is 0 Å². The molecule has 0 spiro atoms. The number of nitrogens with two attached hydrogens (primary N) is 1. The number of ketones is 1. The van der Waals surface area contributed by atoms with E-state index in [0.717, 1.165) is 0 Å². The van der Waals surface area contributed by atoms with Crippen molar-refractivity contribution in [2.24, 2.45) is 5.73 Å². The van der Waals surface area contributed by atoms with Crippen LogP contribution in [0, 0.1) is 0 Å². The van der Waals surface area contributed by atoms with Crippen LogP contribution >= 0.6 is 11.6 Å². The molecule has 0 aromatic heterocycles. The molecule has 1 fully saturated rings. The summed E-state index contributed by atoms with van der Waals surface area (Å²) in [6.45, 7) is 0. The third-order valence-electron chi connectivity index (χ3n) is 2.91. The minimum atomic E-state index is -1.11. The summed E-state index contributed by atoms with van der Waals surface area (Å²) in [7, 11) is 0. The Morgan fingerprint density at radius 2 is 2.13 bits per heavy atom. The topological polar surface area (TPSA) is 63.3 Å². The lowest BCUT2D eigenvalue weighted by Gasteiger charge is -2.23. The van der Waals surface area contributed by atoms with Gasteiger partial charge in [0.2, 0.25) is 0 Å². The lowest BCUT2D eigenvalue weighted by atomic mass is 9.88. The van der Waals surface area contributed by atoms with Crippen LogP contribution < -0.4 is 5.73 Å². The summed E-state index contributed by atoms with van der Waals surface area (Å²) >= 11 is 5.99. The highest BCUT2D eigenvalue weighted by Gasteiger charge is 2.46. The Bertz CT molecular complexity index is 407. The van der Waals surface area contributed by atoms with Crippen LogP contribution in [0.4, 0.5) is 0 Å². The van der Waals surface area contributed by atoms with Crippen molar-refractivity contribution in [3.05, 3.63) is 34.9 Å². The molecule has 80 valence electrons. The van der Waals surface area contributed by atoms with Gasteiger partial charge in [0.05, 0.1) is 0 Å². The monoisotopic (exact) mass is 225 g/mol. The SMILES string of the molecule is N[C@@]1(c2ccccc2Cl)CC[C@@H](O)C1=O. The minimum absolute atomic E-state index is 0.337. The fourth-order valence-electron chi connectivity index (χ4n) is 2.01. The summed E-state index contributed by atoms with van der Waals surface area (Å²) in [5.74, 6) is -0.337. The first-order valence-corrected chi connectivity index (χ1v) is 5.20. The Morgan fingerprint density at radius 3 is 2.67 bits per heavy atom. The lowest BCUT2D eigenvalue weighted by Crippen LogP contribution is -2.43. The zero-order valence-electron chi connectivity index (χ0n) is 8.11. The zero-order chi connectivity index (χ0) is 11.1. The van der Waals surface area contributed by atoms with Crippen molar-refractivity contribution in [2.75, 3.05) is 0 Å². The maximum absolute atomic E-state index is 11.7. The fraction of sp³-hybridized carbons (Fsp3) is 0.364. The van der Waals surface area contributed by atoms with Gasteiger partial charge in [-0.1, -0.05) is 29.8 Å². The first kappa shape index (κ1) is 10.6. The molecule has 1 saturated carbocycles. The highest BCUT2D eigenvalue weighted by molar-refractivity contribution is 6.31. The van der Waals surface area contributed by atoms with Gasteiger partial charge in [-0.25, -0.2) is 0 Å². The molecule has 0 aliphatic heterocycles. The smallest absolute Gasteiger partial charge is 0.185 e. The molecular formula is C11H12ClNO2. The number of carbonyl (C=O) groups is 1. The Balaban J connectivity index is 2.47. The summed E-state index contributed by atoms with van der Waals surface area (Å²) in [6, 6.07) is 7.00. The summed E-state index contributed by atoms with van der Waals surface area (Å²) in [4.78, 5) is 11.7. The van der Waals surface area contributed by atoms with Crippen molar-refractivity contribution in [2.45, 2.75) is 24.5 Å². The quantitative estimate of drug-likeness (QED) is 0.756. The molecule has 4 heteroatoms. The molecule has 15 heavy (non-hydrogen) atoms.